The van der Waals surface area contributed by atoms with E-state index < -0.39 is 75.4 Å². The Balaban J connectivity index is 1.46. The van der Waals surface area contributed by atoms with Gasteiger partial charge in [-0.1, -0.05) is 53.1 Å². The van der Waals surface area contributed by atoms with E-state index in [4.69, 9.17) is 27.9 Å². The van der Waals surface area contributed by atoms with Gasteiger partial charge in [0.25, 0.3) is 11.8 Å². The topological polar surface area (TPSA) is 138 Å². The van der Waals surface area contributed by atoms with Crippen molar-refractivity contribution < 1.29 is 42.2 Å². The SMILES string of the molecule is COc1cc(O)ccc1[C@H]1C2=CC[C@@H]3C(=O)NC(=O)[C@@H]3[C@@H]2C[C@H]2C(=O)N(Nc3ncc(C(F)(F)F)cc3Cl)C(=O)[C@@]12c1ccc(Cl)cc1. The molecule has 10 nitrogen and oxygen atoms in total. The highest BCUT2D eigenvalue weighted by atomic mass is 35.5. The number of phenolic OH excluding ortho intramolecular Hbond substituents is 1. The number of phenols is 1. The van der Waals surface area contributed by atoms with Gasteiger partial charge in [-0.15, -0.1) is 0 Å². The highest BCUT2D eigenvalue weighted by molar-refractivity contribution is 6.33. The molecule has 0 spiro atoms. The fourth-order valence-electron chi connectivity index (χ4n) is 7.98. The molecule has 2 aliphatic carbocycles. The number of ether oxygens (including phenoxy) is 1. The molecule has 4 amide bonds. The number of allylic oxidation sites excluding steroid dienone is 2. The number of nitrogens with one attached hydrogen (secondary N) is 2. The van der Waals surface area contributed by atoms with Crippen molar-refractivity contribution in [3.05, 3.63) is 93.1 Å². The van der Waals surface area contributed by atoms with Crippen molar-refractivity contribution in [1.29, 1.82) is 0 Å². The number of nitrogens with zero attached hydrogens (tertiary/aromatic N) is 2. The number of imide groups is 2. The number of anilines is 1. The number of fused-ring (bicyclic) bond motifs is 4. The summed E-state index contributed by atoms with van der Waals surface area (Å²) < 4.78 is 45.7. The number of carbonyl (C=O) groups excluding carboxylic acids is 4. The van der Waals surface area contributed by atoms with E-state index in [1.54, 1.807) is 30.3 Å². The molecule has 7 rings (SSSR count). The van der Waals surface area contributed by atoms with Crippen molar-refractivity contribution in [3.63, 3.8) is 0 Å². The number of amides is 4. The van der Waals surface area contributed by atoms with E-state index in [9.17, 15) is 32.7 Å². The first-order valence-electron chi connectivity index (χ1n) is 14.8. The third kappa shape index (κ3) is 4.66. The smallest absolute Gasteiger partial charge is 0.417 e. The largest absolute Gasteiger partial charge is 0.508 e. The summed E-state index contributed by atoms with van der Waals surface area (Å²) in [6.45, 7) is 0. The summed E-state index contributed by atoms with van der Waals surface area (Å²) in [5.74, 6) is -7.02. The number of methoxy groups -OCH3 is 1. The maximum absolute atomic E-state index is 15.1. The summed E-state index contributed by atoms with van der Waals surface area (Å²) in [6.07, 6.45) is -2.21. The third-order valence-corrected chi connectivity index (χ3v) is 10.5. The summed E-state index contributed by atoms with van der Waals surface area (Å²) in [4.78, 5) is 59.4. The molecule has 0 bridgehead atoms. The molecule has 0 unspecified atom stereocenters. The molecule has 1 aromatic heterocycles. The average Bonchev–Trinajstić information content (AvgIpc) is 3.45. The fraction of sp³-hybridized carbons (Fsp3) is 0.303. The van der Waals surface area contributed by atoms with E-state index in [-0.39, 0.29) is 30.2 Å². The maximum Gasteiger partial charge on any atom is 0.417 e. The van der Waals surface area contributed by atoms with Crippen molar-refractivity contribution in [2.24, 2.45) is 23.7 Å². The van der Waals surface area contributed by atoms with Gasteiger partial charge in [-0.25, -0.2) is 4.98 Å². The lowest BCUT2D eigenvalue weighted by Gasteiger charge is -2.50. The number of carbonyl (C=O) groups is 4. The van der Waals surface area contributed by atoms with Crippen LogP contribution in [0.5, 0.6) is 11.5 Å². The van der Waals surface area contributed by atoms with E-state index >= 15 is 4.79 Å². The molecule has 48 heavy (non-hydrogen) atoms. The van der Waals surface area contributed by atoms with Crippen LogP contribution in [-0.2, 0) is 30.8 Å². The van der Waals surface area contributed by atoms with Gasteiger partial charge in [-0.2, -0.15) is 18.2 Å². The fourth-order valence-corrected chi connectivity index (χ4v) is 8.31. The average molecular weight is 701 g/mol. The second-order valence-corrected chi connectivity index (χ2v) is 13.0. The quantitative estimate of drug-likeness (QED) is 0.238. The van der Waals surface area contributed by atoms with Crippen LogP contribution >= 0.6 is 23.2 Å². The van der Waals surface area contributed by atoms with E-state index in [0.29, 0.717) is 39.0 Å². The molecule has 3 heterocycles. The first-order chi connectivity index (χ1) is 22.8. The van der Waals surface area contributed by atoms with Gasteiger partial charge in [0, 0.05) is 28.8 Å². The second-order valence-electron chi connectivity index (χ2n) is 12.2. The predicted octanol–water partition coefficient (Wildman–Crippen LogP) is 5.39. The van der Waals surface area contributed by atoms with Crippen molar-refractivity contribution in [2.75, 3.05) is 12.5 Å². The highest BCUT2D eigenvalue weighted by Crippen LogP contribution is 2.64. The van der Waals surface area contributed by atoms with E-state index in [1.807, 2.05) is 6.08 Å². The molecular weight excluding hydrogens is 676 g/mol. The number of aromatic hydroxyl groups is 1. The Hall–Kier alpha value is -4.62. The minimum Gasteiger partial charge on any atom is -0.508 e. The summed E-state index contributed by atoms with van der Waals surface area (Å²) in [6, 6.07) is 11.3. The summed E-state index contributed by atoms with van der Waals surface area (Å²) in [7, 11) is 1.38. The van der Waals surface area contributed by atoms with Crippen molar-refractivity contribution in [1.82, 2.24) is 15.3 Å². The van der Waals surface area contributed by atoms with E-state index in [1.165, 1.54) is 19.2 Å². The number of alkyl halides is 3. The number of hydrazine groups is 1. The van der Waals surface area contributed by atoms with Crippen molar-refractivity contribution in [3.8, 4) is 11.5 Å². The van der Waals surface area contributed by atoms with Gasteiger partial charge in [0.1, 0.15) is 11.5 Å². The number of pyridine rings is 1. The van der Waals surface area contributed by atoms with Gasteiger partial charge < -0.3 is 9.84 Å². The molecule has 248 valence electrons. The number of aromatic nitrogens is 1. The number of hydrogen-bond acceptors (Lipinski definition) is 8. The normalized spacial score (nSPS) is 28.0. The predicted molar refractivity (Wildman–Crippen MR) is 165 cm³/mol. The third-order valence-electron chi connectivity index (χ3n) is 9.93. The van der Waals surface area contributed by atoms with Crippen LogP contribution in [0.2, 0.25) is 10.0 Å². The van der Waals surface area contributed by atoms with E-state index in [2.05, 4.69) is 15.7 Å². The van der Waals surface area contributed by atoms with Crippen LogP contribution in [0.15, 0.2) is 66.4 Å². The maximum atomic E-state index is 15.1. The molecular formula is C33H25Cl2F3N4O6. The minimum atomic E-state index is -4.74. The molecule has 2 aliphatic heterocycles. The molecule has 15 heteroatoms. The van der Waals surface area contributed by atoms with E-state index in [0.717, 1.165) is 0 Å². The Labute approximate surface area is 280 Å². The lowest BCUT2D eigenvalue weighted by atomic mass is 9.49. The molecule has 6 atom stereocenters. The van der Waals surface area contributed by atoms with Gasteiger partial charge in [0.05, 0.1) is 40.9 Å². The second kappa shape index (κ2) is 11.2. The van der Waals surface area contributed by atoms with Crippen molar-refractivity contribution in [2.45, 2.75) is 30.4 Å². The van der Waals surface area contributed by atoms with Crippen LogP contribution in [0.4, 0.5) is 19.0 Å². The first-order valence-corrected chi connectivity index (χ1v) is 15.6. The molecule has 3 N–H and O–H groups in total. The number of halogens is 5. The van der Waals surface area contributed by atoms with Gasteiger partial charge in [0.2, 0.25) is 11.8 Å². The Bertz CT molecular complexity index is 1940. The van der Waals surface area contributed by atoms with Crippen LogP contribution in [0.1, 0.15) is 35.4 Å². The van der Waals surface area contributed by atoms with Crippen LogP contribution in [0.3, 0.4) is 0 Å². The molecule has 2 saturated heterocycles. The number of hydrogen-bond donors (Lipinski definition) is 3. The monoisotopic (exact) mass is 700 g/mol. The van der Waals surface area contributed by atoms with Crippen LogP contribution in [0, 0.1) is 23.7 Å². The zero-order chi connectivity index (χ0) is 34.3. The summed E-state index contributed by atoms with van der Waals surface area (Å²) in [5.41, 5.74) is 1.16. The molecule has 0 radical (unpaired) electrons. The van der Waals surface area contributed by atoms with Crippen LogP contribution in [-0.4, -0.2) is 45.8 Å². The van der Waals surface area contributed by atoms with Crippen LogP contribution < -0.4 is 15.5 Å². The lowest BCUT2D eigenvalue weighted by molar-refractivity contribution is -0.139. The van der Waals surface area contributed by atoms with Gasteiger partial charge in [-0.05, 0) is 48.6 Å². The van der Waals surface area contributed by atoms with Gasteiger partial charge in [-0.3, -0.25) is 29.9 Å². The molecule has 1 saturated carbocycles. The Morgan fingerprint density at radius 3 is 2.44 bits per heavy atom. The number of benzene rings is 2. The highest BCUT2D eigenvalue weighted by Gasteiger charge is 2.70. The summed E-state index contributed by atoms with van der Waals surface area (Å²) in [5, 5.41) is 13.3. The van der Waals surface area contributed by atoms with Gasteiger partial charge >= 0.3 is 6.18 Å². The zero-order valence-electron chi connectivity index (χ0n) is 24.8. The van der Waals surface area contributed by atoms with Crippen LogP contribution in [0.25, 0.3) is 0 Å². The zero-order valence-corrected chi connectivity index (χ0v) is 26.4. The standard InChI is InChI=1S/C33H25Cl2F3N4O6/c1-48-24-11-17(43)6-7-19(24)26-18-8-9-20-25(29(45)40-28(20)44)21(18)12-22-30(46)42(31(47)32(22,26)14-2-4-16(34)5-3-14)41-27-23(35)10-15(13-39-27)33(36,37)38/h2-8,10-11,13,20-22,25-26,43H,9,12H2,1H3,(H,39,41)(H,40,44,45)/t20-,21+,22-,25-,26+,32+/m0/s1. The Morgan fingerprint density at radius 1 is 1.04 bits per heavy atom. The Morgan fingerprint density at radius 2 is 1.77 bits per heavy atom. The molecule has 4 aliphatic rings. The molecule has 2 aromatic carbocycles. The molecule has 3 fully saturated rings. The molecule has 3 aromatic rings. The Kier molecular flexibility index (Phi) is 7.48. The minimum absolute atomic E-state index is 0.0237. The summed E-state index contributed by atoms with van der Waals surface area (Å²) >= 11 is 12.4. The first kappa shape index (κ1) is 32.0. The van der Waals surface area contributed by atoms with Gasteiger partial charge in [0.15, 0.2) is 5.82 Å². The number of rotatable bonds is 5. The van der Waals surface area contributed by atoms with Crippen molar-refractivity contribution >= 4 is 52.6 Å². The lowest BCUT2D eigenvalue weighted by Crippen LogP contribution is -2.53.